The van der Waals surface area contributed by atoms with Crippen LogP contribution in [0.1, 0.15) is 15.9 Å². The van der Waals surface area contributed by atoms with Gasteiger partial charge in [0.05, 0.1) is 0 Å². The number of carbonyl (C=O) groups excluding carboxylic acids is 1. The fraction of sp³-hybridized carbons (Fsp3) is 0.0625. The Balaban J connectivity index is 1.73. The summed E-state index contributed by atoms with van der Waals surface area (Å²) in [7, 11) is 0. The van der Waals surface area contributed by atoms with Gasteiger partial charge in [0.2, 0.25) is 0 Å². The SMILES string of the molecule is O=C(NC1=CCc2ccccc2O1)c1ccccc1. The highest BCUT2D eigenvalue weighted by molar-refractivity contribution is 5.95. The number of para-hydroxylation sites is 1. The number of rotatable bonds is 2. The van der Waals surface area contributed by atoms with Crippen LogP contribution in [0, 0.1) is 0 Å². The zero-order valence-corrected chi connectivity index (χ0v) is 10.3. The molecule has 0 atom stereocenters. The van der Waals surface area contributed by atoms with Crippen LogP contribution in [0.2, 0.25) is 0 Å². The highest BCUT2D eigenvalue weighted by Crippen LogP contribution is 2.24. The van der Waals surface area contributed by atoms with Crippen molar-refractivity contribution >= 4 is 5.91 Å². The molecule has 3 heteroatoms. The van der Waals surface area contributed by atoms with Gasteiger partial charge in [-0.2, -0.15) is 0 Å². The molecule has 1 aliphatic heterocycles. The Morgan fingerprint density at radius 2 is 1.74 bits per heavy atom. The average molecular weight is 251 g/mol. The lowest BCUT2D eigenvalue weighted by molar-refractivity contribution is 0.0948. The smallest absolute Gasteiger partial charge is 0.257 e. The molecule has 0 bridgehead atoms. The van der Waals surface area contributed by atoms with Crippen LogP contribution >= 0.6 is 0 Å². The monoisotopic (exact) mass is 251 g/mol. The summed E-state index contributed by atoms with van der Waals surface area (Å²) >= 11 is 0. The molecule has 0 aromatic heterocycles. The predicted octanol–water partition coefficient (Wildman–Crippen LogP) is 2.89. The number of hydrogen-bond donors (Lipinski definition) is 1. The van der Waals surface area contributed by atoms with Crippen molar-refractivity contribution in [2.45, 2.75) is 6.42 Å². The van der Waals surface area contributed by atoms with Crippen LogP contribution in [0.15, 0.2) is 66.6 Å². The van der Waals surface area contributed by atoms with Crippen molar-refractivity contribution in [3.05, 3.63) is 77.7 Å². The van der Waals surface area contributed by atoms with Gasteiger partial charge in [-0.15, -0.1) is 0 Å². The molecular weight excluding hydrogens is 238 g/mol. The quantitative estimate of drug-likeness (QED) is 0.891. The molecular formula is C16H13NO2. The highest BCUT2D eigenvalue weighted by atomic mass is 16.5. The molecule has 0 saturated carbocycles. The fourth-order valence-electron chi connectivity index (χ4n) is 1.98. The van der Waals surface area contributed by atoms with Gasteiger partial charge in [0.25, 0.3) is 5.91 Å². The first-order chi connectivity index (χ1) is 9.33. The van der Waals surface area contributed by atoms with E-state index in [1.54, 1.807) is 12.1 Å². The van der Waals surface area contributed by atoms with Gasteiger partial charge in [0.1, 0.15) is 5.75 Å². The van der Waals surface area contributed by atoms with Crippen LogP contribution in [-0.2, 0) is 6.42 Å². The molecule has 19 heavy (non-hydrogen) atoms. The summed E-state index contributed by atoms with van der Waals surface area (Å²) in [6.07, 6.45) is 2.64. The van der Waals surface area contributed by atoms with E-state index in [2.05, 4.69) is 5.32 Å². The summed E-state index contributed by atoms with van der Waals surface area (Å²) in [6.45, 7) is 0. The third-order valence-corrected chi connectivity index (χ3v) is 2.97. The Hall–Kier alpha value is -2.55. The van der Waals surface area contributed by atoms with Crippen LogP contribution in [0.5, 0.6) is 5.75 Å². The Morgan fingerprint density at radius 1 is 1.00 bits per heavy atom. The highest BCUT2D eigenvalue weighted by Gasteiger charge is 2.14. The summed E-state index contributed by atoms with van der Waals surface area (Å²) < 4.78 is 5.65. The van der Waals surface area contributed by atoms with Crippen molar-refractivity contribution < 1.29 is 9.53 Å². The molecule has 0 saturated heterocycles. The molecule has 3 rings (SSSR count). The van der Waals surface area contributed by atoms with E-state index < -0.39 is 0 Å². The van der Waals surface area contributed by atoms with Crippen molar-refractivity contribution in [1.82, 2.24) is 5.32 Å². The Kier molecular flexibility index (Phi) is 3.02. The zero-order valence-electron chi connectivity index (χ0n) is 10.3. The topological polar surface area (TPSA) is 38.3 Å². The number of amides is 1. The van der Waals surface area contributed by atoms with Gasteiger partial charge in [0.15, 0.2) is 5.88 Å². The zero-order chi connectivity index (χ0) is 13.1. The lowest BCUT2D eigenvalue weighted by Gasteiger charge is -2.18. The molecule has 1 aliphatic rings. The van der Waals surface area contributed by atoms with Gasteiger partial charge in [-0.3, -0.25) is 10.1 Å². The minimum Gasteiger partial charge on any atom is -0.441 e. The number of nitrogens with one attached hydrogen (secondary N) is 1. The number of allylic oxidation sites excluding steroid dienone is 1. The van der Waals surface area contributed by atoms with E-state index in [9.17, 15) is 4.79 Å². The predicted molar refractivity (Wildman–Crippen MR) is 72.8 cm³/mol. The summed E-state index contributed by atoms with van der Waals surface area (Å²) in [4.78, 5) is 12.0. The minimum absolute atomic E-state index is 0.161. The summed E-state index contributed by atoms with van der Waals surface area (Å²) in [5, 5.41) is 2.78. The van der Waals surface area contributed by atoms with Crippen LogP contribution in [-0.4, -0.2) is 5.91 Å². The number of ether oxygens (including phenoxy) is 1. The molecule has 0 radical (unpaired) electrons. The minimum atomic E-state index is -0.161. The first-order valence-corrected chi connectivity index (χ1v) is 6.15. The number of carbonyl (C=O) groups is 1. The second-order valence-electron chi connectivity index (χ2n) is 4.30. The van der Waals surface area contributed by atoms with E-state index >= 15 is 0 Å². The number of benzene rings is 2. The van der Waals surface area contributed by atoms with Crippen LogP contribution < -0.4 is 10.1 Å². The van der Waals surface area contributed by atoms with E-state index in [1.807, 2.05) is 48.5 Å². The van der Waals surface area contributed by atoms with E-state index in [4.69, 9.17) is 4.74 Å². The van der Waals surface area contributed by atoms with Crippen molar-refractivity contribution in [3.8, 4) is 5.75 Å². The lowest BCUT2D eigenvalue weighted by atomic mass is 10.1. The van der Waals surface area contributed by atoms with E-state index in [1.165, 1.54) is 0 Å². The fourth-order valence-corrected chi connectivity index (χ4v) is 1.98. The lowest BCUT2D eigenvalue weighted by Crippen LogP contribution is -2.27. The van der Waals surface area contributed by atoms with Gasteiger partial charge in [0, 0.05) is 5.56 Å². The third kappa shape index (κ3) is 2.50. The maximum absolute atomic E-state index is 12.0. The summed E-state index contributed by atoms with van der Waals surface area (Å²) in [5.74, 6) is 1.13. The van der Waals surface area contributed by atoms with E-state index in [0.29, 0.717) is 11.4 Å². The third-order valence-electron chi connectivity index (χ3n) is 2.97. The van der Waals surface area contributed by atoms with Crippen molar-refractivity contribution in [3.63, 3.8) is 0 Å². The molecule has 3 nitrogen and oxygen atoms in total. The molecule has 0 aliphatic carbocycles. The second-order valence-corrected chi connectivity index (χ2v) is 4.30. The molecule has 1 heterocycles. The van der Waals surface area contributed by atoms with E-state index in [-0.39, 0.29) is 5.91 Å². The molecule has 0 fully saturated rings. The molecule has 94 valence electrons. The molecule has 2 aromatic carbocycles. The van der Waals surface area contributed by atoms with Gasteiger partial charge in [-0.1, -0.05) is 36.4 Å². The van der Waals surface area contributed by atoms with Gasteiger partial charge in [-0.05, 0) is 36.3 Å². The van der Waals surface area contributed by atoms with Crippen LogP contribution in [0.25, 0.3) is 0 Å². The molecule has 1 N–H and O–H groups in total. The molecule has 1 amide bonds. The second kappa shape index (κ2) is 4.98. The number of hydrogen-bond acceptors (Lipinski definition) is 2. The average Bonchev–Trinajstić information content (AvgIpc) is 2.48. The van der Waals surface area contributed by atoms with Gasteiger partial charge in [-0.25, -0.2) is 0 Å². The Morgan fingerprint density at radius 3 is 2.58 bits per heavy atom. The standard InChI is InChI=1S/C16H13NO2/c18-16(13-7-2-1-3-8-13)17-15-11-10-12-6-4-5-9-14(12)19-15/h1-9,11H,10H2,(H,17,18). The maximum Gasteiger partial charge on any atom is 0.257 e. The van der Waals surface area contributed by atoms with Crippen LogP contribution in [0.4, 0.5) is 0 Å². The van der Waals surface area contributed by atoms with Gasteiger partial charge >= 0.3 is 0 Å². The Labute approximate surface area is 111 Å². The first kappa shape index (κ1) is 11.5. The maximum atomic E-state index is 12.0. The molecule has 0 unspecified atom stereocenters. The Bertz CT molecular complexity index is 632. The number of fused-ring (bicyclic) bond motifs is 1. The molecule has 2 aromatic rings. The summed E-state index contributed by atoms with van der Waals surface area (Å²) in [6, 6.07) is 16.9. The first-order valence-electron chi connectivity index (χ1n) is 6.15. The summed E-state index contributed by atoms with van der Waals surface area (Å²) in [5.41, 5.74) is 1.74. The largest absolute Gasteiger partial charge is 0.441 e. The van der Waals surface area contributed by atoms with E-state index in [0.717, 1.165) is 17.7 Å². The normalized spacial score (nSPS) is 12.9. The molecule has 0 spiro atoms. The van der Waals surface area contributed by atoms with Gasteiger partial charge < -0.3 is 4.74 Å². The van der Waals surface area contributed by atoms with Crippen molar-refractivity contribution in [2.24, 2.45) is 0 Å². The van der Waals surface area contributed by atoms with Crippen molar-refractivity contribution in [2.75, 3.05) is 0 Å². The van der Waals surface area contributed by atoms with Crippen LogP contribution in [0.3, 0.4) is 0 Å². The van der Waals surface area contributed by atoms with Crippen molar-refractivity contribution in [1.29, 1.82) is 0 Å².